The lowest BCUT2D eigenvalue weighted by molar-refractivity contribution is 0.0793. The van der Waals surface area contributed by atoms with E-state index in [4.69, 9.17) is 0 Å². The van der Waals surface area contributed by atoms with Crippen molar-refractivity contribution >= 4 is 27.4 Å². The molecule has 2 aromatic rings. The average molecular weight is 444 g/mol. The van der Waals surface area contributed by atoms with Crippen molar-refractivity contribution in [2.45, 2.75) is 31.6 Å². The molecule has 0 atom stereocenters. The highest BCUT2D eigenvalue weighted by molar-refractivity contribution is 7.92. The molecule has 0 unspecified atom stereocenters. The van der Waals surface area contributed by atoms with Gasteiger partial charge in [0.15, 0.2) is 0 Å². The van der Waals surface area contributed by atoms with Crippen molar-refractivity contribution in [3.8, 4) is 0 Å². The number of piperazine rings is 1. The van der Waals surface area contributed by atoms with Crippen molar-refractivity contribution in [2.24, 2.45) is 0 Å². The number of aromatic nitrogens is 1. The van der Waals surface area contributed by atoms with E-state index in [1.807, 2.05) is 17.9 Å². The summed E-state index contributed by atoms with van der Waals surface area (Å²) >= 11 is 0. The summed E-state index contributed by atoms with van der Waals surface area (Å²) in [4.78, 5) is 21.9. The van der Waals surface area contributed by atoms with Crippen LogP contribution in [-0.2, 0) is 10.0 Å². The SMILES string of the molecule is Cc1ccc(S(=O)(=O)Nc2cnc(N3CCNCC3)c(C(=O)N3CCCC3)c2)c(C)c1. The Balaban J connectivity index is 1.68. The Kier molecular flexibility index (Phi) is 6.15. The van der Waals surface area contributed by atoms with Crippen LogP contribution in [0.4, 0.5) is 11.5 Å². The molecular formula is C22H29N5O3S. The number of likely N-dealkylation sites (tertiary alicyclic amines) is 1. The zero-order chi connectivity index (χ0) is 22.0. The summed E-state index contributed by atoms with van der Waals surface area (Å²) in [5.41, 5.74) is 2.41. The van der Waals surface area contributed by atoms with Crippen molar-refractivity contribution in [1.29, 1.82) is 0 Å². The minimum absolute atomic E-state index is 0.0916. The van der Waals surface area contributed by atoms with Crippen LogP contribution < -0.4 is 14.9 Å². The maximum absolute atomic E-state index is 13.3. The fourth-order valence-corrected chi connectivity index (χ4v) is 5.46. The molecule has 0 bridgehead atoms. The monoisotopic (exact) mass is 443 g/mol. The second-order valence-corrected chi connectivity index (χ2v) is 9.86. The van der Waals surface area contributed by atoms with Gasteiger partial charge in [0, 0.05) is 39.3 Å². The molecule has 1 aromatic carbocycles. The number of nitrogens with zero attached hydrogens (tertiary/aromatic N) is 3. The molecule has 2 saturated heterocycles. The third-order valence-corrected chi connectivity index (χ3v) is 7.32. The lowest BCUT2D eigenvalue weighted by atomic mass is 10.2. The van der Waals surface area contributed by atoms with Crippen LogP contribution in [0.15, 0.2) is 35.4 Å². The third kappa shape index (κ3) is 4.67. The molecule has 0 radical (unpaired) electrons. The first-order chi connectivity index (χ1) is 14.8. The van der Waals surface area contributed by atoms with E-state index < -0.39 is 10.0 Å². The number of carbonyl (C=O) groups is 1. The van der Waals surface area contributed by atoms with Gasteiger partial charge in [-0.2, -0.15) is 0 Å². The highest BCUT2D eigenvalue weighted by Crippen LogP contribution is 2.27. The van der Waals surface area contributed by atoms with Crippen LogP contribution >= 0.6 is 0 Å². The molecule has 0 saturated carbocycles. The number of benzene rings is 1. The highest BCUT2D eigenvalue weighted by atomic mass is 32.2. The van der Waals surface area contributed by atoms with Gasteiger partial charge < -0.3 is 15.1 Å². The molecule has 2 aliphatic heterocycles. The quantitative estimate of drug-likeness (QED) is 0.735. The van der Waals surface area contributed by atoms with Crippen LogP contribution in [0.1, 0.15) is 34.3 Å². The van der Waals surface area contributed by atoms with Gasteiger partial charge in [0.2, 0.25) is 0 Å². The molecule has 4 rings (SSSR count). The fourth-order valence-electron chi connectivity index (χ4n) is 4.20. The molecule has 2 fully saturated rings. The number of aryl methyl sites for hydroxylation is 2. The number of sulfonamides is 1. The molecule has 0 aliphatic carbocycles. The topological polar surface area (TPSA) is 94.6 Å². The Morgan fingerprint density at radius 3 is 2.45 bits per heavy atom. The normalized spacial score (nSPS) is 17.1. The van der Waals surface area contributed by atoms with Gasteiger partial charge in [0.05, 0.1) is 22.3 Å². The number of anilines is 2. The zero-order valence-corrected chi connectivity index (χ0v) is 18.8. The van der Waals surface area contributed by atoms with Gasteiger partial charge in [-0.1, -0.05) is 17.7 Å². The molecule has 2 N–H and O–H groups in total. The van der Waals surface area contributed by atoms with Crippen molar-refractivity contribution in [1.82, 2.24) is 15.2 Å². The summed E-state index contributed by atoms with van der Waals surface area (Å²) < 4.78 is 28.6. The van der Waals surface area contributed by atoms with E-state index in [9.17, 15) is 13.2 Å². The summed E-state index contributed by atoms with van der Waals surface area (Å²) in [6.45, 7) is 8.28. The Bertz CT molecular complexity index is 1070. The van der Waals surface area contributed by atoms with Gasteiger partial charge >= 0.3 is 0 Å². The first-order valence-electron chi connectivity index (χ1n) is 10.7. The molecule has 9 heteroatoms. The Morgan fingerprint density at radius 2 is 1.77 bits per heavy atom. The minimum atomic E-state index is -3.80. The average Bonchev–Trinajstić information content (AvgIpc) is 3.28. The van der Waals surface area contributed by atoms with Gasteiger partial charge in [-0.25, -0.2) is 13.4 Å². The summed E-state index contributed by atoms with van der Waals surface area (Å²) in [7, 11) is -3.80. The van der Waals surface area contributed by atoms with Crippen LogP contribution in [0.3, 0.4) is 0 Å². The largest absolute Gasteiger partial charge is 0.353 e. The predicted octanol–water partition coefficient (Wildman–Crippen LogP) is 2.14. The van der Waals surface area contributed by atoms with Crippen LogP contribution in [0.5, 0.6) is 0 Å². The number of nitrogens with one attached hydrogen (secondary N) is 2. The predicted molar refractivity (Wildman–Crippen MR) is 121 cm³/mol. The Labute approximate surface area is 183 Å². The van der Waals surface area contributed by atoms with E-state index in [2.05, 4.69) is 19.9 Å². The van der Waals surface area contributed by atoms with Crippen LogP contribution in [0.25, 0.3) is 0 Å². The van der Waals surface area contributed by atoms with Crippen molar-refractivity contribution < 1.29 is 13.2 Å². The number of hydrogen-bond acceptors (Lipinski definition) is 6. The summed E-state index contributed by atoms with van der Waals surface area (Å²) in [6.07, 6.45) is 3.47. The molecule has 0 spiro atoms. The van der Waals surface area contributed by atoms with Crippen LogP contribution in [-0.4, -0.2) is 63.5 Å². The van der Waals surface area contributed by atoms with Crippen LogP contribution in [0, 0.1) is 13.8 Å². The smallest absolute Gasteiger partial charge is 0.262 e. The Hall–Kier alpha value is -2.65. The number of amides is 1. The Morgan fingerprint density at radius 1 is 1.06 bits per heavy atom. The number of rotatable bonds is 5. The zero-order valence-electron chi connectivity index (χ0n) is 18.0. The summed E-state index contributed by atoms with van der Waals surface area (Å²) in [5, 5.41) is 3.30. The molecule has 31 heavy (non-hydrogen) atoms. The lowest BCUT2D eigenvalue weighted by Crippen LogP contribution is -2.45. The highest BCUT2D eigenvalue weighted by Gasteiger charge is 2.27. The minimum Gasteiger partial charge on any atom is -0.353 e. The van der Waals surface area contributed by atoms with Crippen molar-refractivity contribution in [2.75, 3.05) is 48.9 Å². The molecule has 3 heterocycles. The number of hydrogen-bond donors (Lipinski definition) is 2. The second kappa shape index (κ2) is 8.84. The van der Waals surface area contributed by atoms with Crippen LogP contribution in [0.2, 0.25) is 0 Å². The molecular weight excluding hydrogens is 414 g/mol. The van der Waals surface area contributed by atoms with Gasteiger partial charge in [-0.3, -0.25) is 9.52 Å². The molecule has 166 valence electrons. The molecule has 1 amide bonds. The maximum Gasteiger partial charge on any atom is 0.262 e. The van der Waals surface area contributed by atoms with E-state index >= 15 is 0 Å². The van der Waals surface area contributed by atoms with Gasteiger partial charge in [-0.05, 0) is 44.4 Å². The van der Waals surface area contributed by atoms with E-state index in [0.717, 1.165) is 57.7 Å². The van der Waals surface area contributed by atoms with Crippen molar-refractivity contribution in [3.05, 3.63) is 47.2 Å². The van der Waals surface area contributed by atoms with Gasteiger partial charge in [0.25, 0.3) is 15.9 Å². The fraction of sp³-hybridized carbons (Fsp3) is 0.455. The second-order valence-electron chi connectivity index (χ2n) is 8.21. The lowest BCUT2D eigenvalue weighted by Gasteiger charge is -2.30. The molecule has 2 aliphatic rings. The number of carbonyl (C=O) groups excluding carboxylic acids is 1. The van der Waals surface area contributed by atoms with E-state index in [-0.39, 0.29) is 10.8 Å². The molecule has 1 aromatic heterocycles. The van der Waals surface area contributed by atoms with Crippen molar-refractivity contribution in [3.63, 3.8) is 0 Å². The van der Waals surface area contributed by atoms with Gasteiger partial charge in [0.1, 0.15) is 5.82 Å². The first kappa shape index (κ1) is 21.6. The maximum atomic E-state index is 13.3. The molecule has 8 nitrogen and oxygen atoms in total. The third-order valence-electron chi connectivity index (χ3n) is 5.78. The summed E-state index contributed by atoms with van der Waals surface area (Å²) in [6, 6.07) is 6.84. The summed E-state index contributed by atoms with van der Waals surface area (Å²) in [5.74, 6) is 0.527. The van der Waals surface area contributed by atoms with Gasteiger partial charge in [-0.15, -0.1) is 0 Å². The first-order valence-corrected chi connectivity index (χ1v) is 12.2. The van der Waals surface area contributed by atoms with E-state index in [0.29, 0.717) is 22.6 Å². The standard InChI is InChI=1S/C22H29N5O3S/c1-16-5-6-20(17(2)13-16)31(29,30)25-18-14-19(22(28)27-9-3-4-10-27)21(24-15-18)26-11-7-23-8-12-26/h5-6,13-15,23,25H,3-4,7-12H2,1-2H3. The van der Waals surface area contributed by atoms with E-state index in [1.54, 1.807) is 25.1 Å². The van der Waals surface area contributed by atoms with E-state index in [1.165, 1.54) is 6.20 Å². The number of pyridine rings is 1.